The van der Waals surface area contributed by atoms with Gasteiger partial charge < -0.3 is 4.90 Å². The van der Waals surface area contributed by atoms with Gasteiger partial charge in [-0.25, -0.2) is 0 Å². The highest BCUT2D eigenvalue weighted by atomic mass is 31.1. The van der Waals surface area contributed by atoms with Crippen LogP contribution in [0.3, 0.4) is 0 Å². The van der Waals surface area contributed by atoms with Gasteiger partial charge in [-0.2, -0.15) is 0 Å². The molecule has 2 aromatic carbocycles. The van der Waals surface area contributed by atoms with Gasteiger partial charge in [0.05, 0.1) is 0 Å². The van der Waals surface area contributed by atoms with Crippen molar-refractivity contribution in [3.05, 3.63) is 60.7 Å². The molecule has 0 aromatic heterocycles. The van der Waals surface area contributed by atoms with Crippen molar-refractivity contribution < 1.29 is 0 Å². The van der Waals surface area contributed by atoms with Crippen molar-refractivity contribution in [3.8, 4) is 0 Å². The third-order valence-electron chi connectivity index (χ3n) is 5.37. The number of nitrogens with zero attached hydrogens (tertiary/aromatic N) is 1. The number of rotatable bonds is 5. The Morgan fingerprint density at radius 2 is 1.39 bits per heavy atom. The van der Waals surface area contributed by atoms with E-state index in [0.29, 0.717) is 6.04 Å². The quantitative estimate of drug-likeness (QED) is 0.743. The topological polar surface area (TPSA) is 3.24 Å². The lowest BCUT2D eigenvalue weighted by atomic mass is 9.98. The maximum atomic E-state index is 2.41. The molecule has 1 saturated carbocycles. The highest BCUT2D eigenvalue weighted by Crippen LogP contribution is 2.51. The van der Waals surface area contributed by atoms with E-state index >= 15 is 0 Å². The minimum absolute atomic E-state index is 0.275. The fourth-order valence-electron chi connectivity index (χ4n) is 3.94. The van der Waals surface area contributed by atoms with E-state index in [-0.39, 0.29) is 7.92 Å². The Bertz CT molecular complexity index is 556. The molecule has 2 unspecified atom stereocenters. The van der Waals surface area contributed by atoms with Crippen LogP contribution in [0, 0.1) is 5.92 Å². The molecule has 2 aromatic rings. The van der Waals surface area contributed by atoms with E-state index in [1.807, 2.05) is 0 Å². The van der Waals surface area contributed by atoms with Gasteiger partial charge >= 0.3 is 0 Å². The van der Waals surface area contributed by atoms with Gasteiger partial charge in [-0.05, 0) is 64.0 Å². The third kappa shape index (κ3) is 3.67. The van der Waals surface area contributed by atoms with Gasteiger partial charge in [-0.15, -0.1) is 0 Å². The molecule has 0 N–H and O–H groups in total. The van der Waals surface area contributed by atoms with Crippen molar-refractivity contribution in [2.45, 2.75) is 37.9 Å². The van der Waals surface area contributed by atoms with Gasteiger partial charge in [0.1, 0.15) is 0 Å². The Kier molecular flexibility index (Phi) is 5.51. The Morgan fingerprint density at radius 3 is 1.87 bits per heavy atom. The largest absolute Gasteiger partial charge is 0.306 e. The lowest BCUT2D eigenvalue weighted by molar-refractivity contribution is 0.232. The number of hydrogen-bond acceptors (Lipinski definition) is 1. The summed E-state index contributed by atoms with van der Waals surface area (Å²) >= 11 is 0. The molecule has 1 aliphatic carbocycles. The number of benzene rings is 2. The molecule has 0 bridgehead atoms. The average Bonchev–Trinajstić information content (AvgIpc) is 3.05. The highest BCUT2D eigenvalue weighted by Gasteiger charge is 2.38. The molecule has 1 aliphatic rings. The lowest BCUT2D eigenvalue weighted by Gasteiger charge is -2.36. The van der Waals surface area contributed by atoms with Gasteiger partial charge in [0.2, 0.25) is 0 Å². The van der Waals surface area contributed by atoms with Crippen LogP contribution >= 0.6 is 7.92 Å². The highest BCUT2D eigenvalue weighted by molar-refractivity contribution is 7.73. The number of hydrogen-bond donors (Lipinski definition) is 0. The van der Waals surface area contributed by atoms with E-state index in [1.165, 1.54) is 29.9 Å². The predicted molar refractivity (Wildman–Crippen MR) is 103 cm³/mol. The second-order valence-electron chi connectivity index (χ2n) is 6.91. The van der Waals surface area contributed by atoms with Crippen molar-refractivity contribution in [1.29, 1.82) is 0 Å². The van der Waals surface area contributed by atoms with Crippen LogP contribution in [0.5, 0.6) is 0 Å². The first kappa shape index (κ1) is 16.7. The fourth-order valence-corrected chi connectivity index (χ4v) is 7.22. The van der Waals surface area contributed by atoms with Crippen LogP contribution in [-0.4, -0.2) is 30.7 Å². The molecule has 0 saturated heterocycles. The molecule has 0 heterocycles. The second kappa shape index (κ2) is 7.60. The molecule has 23 heavy (non-hydrogen) atoms. The summed E-state index contributed by atoms with van der Waals surface area (Å²) in [5.74, 6) is 0.802. The van der Waals surface area contributed by atoms with Crippen LogP contribution in [0.2, 0.25) is 0 Å². The SMILES string of the molecule is C[C@H](C1CCCC1P(c1ccccc1)c1ccccc1)N(C)C. The van der Waals surface area contributed by atoms with Crippen LogP contribution in [0.25, 0.3) is 0 Å². The lowest BCUT2D eigenvalue weighted by Crippen LogP contribution is -2.38. The monoisotopic (exact) mass is 325 g/mol. The van der Waals surface area contributed by atoms with Gasteiger partial charge in [-0.1, -0.05) is 67.1 Å². The molecule has 122 valence electrons. The van der Waals surface area contributed by atoms with E-state index in [0.717, 1.165) is 11.6 Å². The van der Waals surface area contributed by atoms with Crippen LogP contribution in [0.1, 0.15) is 26.2 Å². The van der Waals surface area contributed by atoms with Crippen molar-refractivity contribution in [2.75, 3.05) is 14.1 Å². The summed E-state index contributed by atoms with van der Waals surface area (Å²) in [6, 6.07) is 23.1. The first-order chi connectivity index (χ1) is 11.2. The van der Waals surface area contributed by atoms with Gasteiger partial charge in [0.25, 0.3) is 0 Å². The summed E-state index contributed by atoms with van der Waals surface area (Å²) in [7, 11) is 4.18. The Morgan fingerprint density at radius 1 is 0.870 bits per heavy atom. The molecule has 2 heteroatoms. The van der Waals surface area contributed by atoms with E-state index in [4.69, 9.17) is 0 Å². The zero-order valence-corrected chi connectivity index (χ0v) is 15.4. The minimum Gasteiger partial charge on any atom is -0.306 e. The van der Waals surface area contributed by atoms with E-state index in [1.54, 1.807) is 0 Å². The molecular weight excluding hydrogens is 297 g/mol. The summed E-state index contributed by atoms with van der Waals surface area (Å²) < 4.78 is 0. The molecule has 0 aliphatic heterocycles. The zero-order chi connectivity index (χ0) is 16.2. The van der Waals surface area contributed by atoms with E-state index < -0.39 is 0 Å². The Balaban J connectivity index is 1.98. The predicted octanol–water partition coefficient (Wildman–Crippen LogP) is 4.24. The van der Waals surface area contributed by atoms with Crippen LogP contribution in [0.4, 0.5) is 0 Å². The van der Waals surface area contributed by atoms with Crippen LogP contribution < -0.4 is 10.6 Å². The Hall–Kier alpha value is -1.17. The molecule has 3 rings (SSSR count). The van der Waals surface area contributed by atoms with Crippen molar-refractivity contribution in [1.82, 2.24) is 4.90 Å². The van der Waals surface area contributed by atoms with Gasteiger partial charge in [0, 0.05) is 6.04 Å². The van der Waals surface area contributed by atoms with Gasteiger partial charge in [-0.3, -0.25) is 0 Å². The molecule has 0 amide bonds. The first-order valence-corrected chi connectivity index (χ1v) is 10.2. The maximum absolute atomic E-state index is 2.41. The molecular formula is C21H28NP. The van der Waals surface area contributed by atoms with Crippen molar-refractivity contribution in [2.24, 2.45) is 5.92 Å². The molecule has 0 radical (unpaired) electrons. The molecule has 1 nitrogen and oxygen atoms in total. The summed E-state index contributed by atoms with van der Waals surface area (Å²) in [4.78, 5) is 2.41. The summed E-state index contributed by atoms with van der Waals surface area (Å²) in [5, 5.41) is 3.08. The van der Waals surface area contributed by atoms with E-state index in [2.05, 4.69) is 86.6 Å². The van der Waals surface area contributed by atoms with Crippen LogP contribution in [-0.2, 0) is 0 Å². The van der Waals surface area contributed by atoms with Crippen molar-refractivity contribution >= 4 is 18.5 Å². The smallest absolute Gasteiger partial charge is 0.00953 e. The molecule has 0 spiro atoms. The molecule has 1 fully saturated rings. The zero-order valence-electron chi connectivity index (χ0n) is 14.5. The maximum Gasteiger partial charge on any atom is 0.00953 e. The average molecular weight is 325 g/mol. The fraction of sp³-hybridized carbons (Fsp3) is 0.429. The molecule has 3 atom stereocenters. The van der Waals surface area contributed by atoms with Crippen LogP contribution in [0.15, 0.2) is 60.7 Å². The van der Waals surface area contributed by atoms with Crippen molar-refractivity contribution in [3.63, 3.8) is 0 Å². The first-order valence-electron chi connectivity index (χ1n) is 8.74. The second-order valence-corrected chi connectivity index (χ2v) is 9.34. The summed E-state index contributed by atoms with van der Waals surface area (Å²) in [6.45, 7) is 2.41. The normalized spacial score (nSPS) is 22.7. The van der Waals surface area contributed by atoms with Gasteiger partial charge in [0.15, 0.2) is 0 Å². The Labute approximate surface area is 142 Å². The summed E-state index contributed by atoms with van der Waals surface area (Å²) in [5.41, 5.74) is 0.798. The third-order valence-corrected chi connectivity index (χ3v) is 8.38. The summed E-state index contributed by atoms with van der Waals surface area (Å²) in [6.07, 6.45) is 4.13. The standard InChI is InChI=1S/C21H28NP/c1-17(22(2)3)20-15-10-16-21(20)23(18-11-6-4-7-12-18)19-13-8-5-9-14-19/h4-9,11-14,17,20-21H,10,15-16H2,1-3H3/t17-,20?,21?/m1/s1. The van der Waals surface area contributed by atoms with E-state index in [9.17, 15) is 0 Å². The minimum atomic E-state index is -0.275.